The lowest BCUT2D eigenvalue weighted by atomic mass is 10.1. The summed E-state index contributed by atoms with van der Waals surface area (Å²) in [6.07, 6.45) is 1.16. The number of rotatable bonds is 4. The second-order valence-electron chi connectivity index (χ2n) is 5.94. The molecule has 1 atom stereocenters. The third-order valence-corrected chi connectivity index (χ3v) is 4.73. The van der Waals surface area contributed by atoms with Gasteiger partial charge in [0.1, 0.15) is 17.6 Å². The van der Waals surface area contributed by atoms with Crippen LogP contribution in [0, 0.1) is 24.2 Å². The molecule has 0 amide bonds. The second-order valence-corrected chi connectivity index (χ2v) is 6.85. The van der Waals surface area contributed by atoms with Gasteiger partial charge >= 0.3 is 0 Å². The maximum absolute atomic E-state index is 9.06. The summed E-state index contributed by atoms with van der Waals surface area (Å²) in [4.78, 5) is 6.77. The number of pyridine rings is 1. The molecule has 1 fully saturated rings. The van der Waals surface area contributed by atoms with Gasteiger partial charge in [-0.3, -0.25) is 0 Å². The predicted molar refractivity (Wildman–Crippen MR) is 96.6 cm³/mol. The van der Waals surface area contributed by atoms with Crippen LogP contribution in [0.2, 0.25) is 0 Å². The van der Waals surface area contributed by atoms with Crippen molar-refractivity contribution in [3.05, 3.63) is 52.1 Å². The van der Waals surface area contributed by atoms with Crippen LogP contribution < -0.4 is 10.2 Å². The van der Waals surface area contributed by atoms with Crippen molar-refractivity contribution in [3.63, 3.8) is 0 Å². The van der Waals surface area contributed by atoms with E-state index < -0.39 is 0 Å². The Labute approximate surface area is 145 Å². The van der Waals surface area contributed by atoms with Crippen LogP contribution in [-0.4, -0.2) is 24.6 Å². The van der Waals surface area contributed by atoms with E-state index in [1.165, 1.54) is 5.69 Å². The molecule has 118 valence electrons. The van der Waals surface area contributed by atoms with Crippen LogP contribution in [0.1, 0.15) is 17.7 Å². The topological polar surface area (TPSA) is 52.0 Å². The number of hydrogen-bond acceptors (Lipinski definition) is 4. The first-order valence-corrected chi connectivity index (χ1v) is 8.57. The molecule has 1 aromatic heterocycles. The fraction of sp³-hybridized carbons (Fsp3) is 0.333. The zero-order valence-corrected chi connectivity index (χ0v) is 14.7. The number of nitriles is 1. The summed E-state index contributed by atoms with van der Waals surface area (Å²) >= 11 is 3.53. The minimum atomic E-state index is 0.497. The Morgan fingerprint density at radius 1 is 1.39 bits per heavy atom. The molecule has 2 heterocycles. The standard InChI is InChI=1S/C18H19BrN4/c1-13-5-6-18(22-17(13)10-20)21-11-14-7-8-23(12-14)16-4-2-3-15(19)9-16/h2-6,9,14H,7-8,11-12H2,1H3,(H,21,22). The Kier molecular flexibility index (Phi) is 4.82. The lowest BCUT2D eigenvalue weighted by Gasteiger charge is -2.19. The maximum atomic E-state index is 9.06. The Balaban J connectivity index is 1.57. The minimum Gasteiger partial charge on any atom is -0.371 e. The summed E-state index contributed by atoms with van der Waals surface area (Å²) in [6, 6.07) is 14.5. The SMILES string of the molecule is Cc1ccc(NCC2CCN(c3cccc(Br)c3)C2)nc1C#N. The zero-order chi connectivity index (χ0) is 16.2. The molecule has 0 bridgehead atoms. The molecule has 0 radical (unpaired) electrons. The molecule has 5 heteroatoms. The molecule has 1 aliphatic rings. The fourth-order valence-corrected chi connectivity index (χ4v) is 3.28. The molecule has 0 saturated carbocycles. The van der Waals surface area contributed by atoms with Crippen molar-refractivity contribution in [1.82, 2.24) is 4.98 Å². The van der Waals surface area contributed by atoms with Crippen LogP contribution in [0.15, 0.2) is 40.9 Å². The Morgan fingerprint density at radius 2 is 2.26 bits per heavy atom. The largest absolute Gasteiger partial charge is 0.371 e. The quantitative estimate of drug-likeness (QED) is 0.884. The second kappa shape index (κ2) is 7.01. The Morgan fingerprint density at radius 3 is 3.04 bits per heavy atom. The lowest BCUT2D eigenvalue weighted by molar-refractivity contribution is 0.621. The predicted octanol–water partition coefficient (Wildman–Crippen LogP) is 3.96. The van der Waals surface area contributed by atoms with E-state index in [1.807, 2.05) is 19.1 Å². The summed E-state index contributed by atoms with van der Waals surface area (Å²) in [5.41, 5.74) is 2.68. The van der Waals surface area contributed by atoms with Gasteiger partial charge < -0.3 is 10.2 Å². The number of aromatic nitrogens is 1. The fourth-order valence-electron chi connectivity index (χ4n) is 2.90. The smallest absolute Gasteiger partial charge is 0.145 e. The summed E-state index contributed by atoms with van der Waals surface area (Å²) in [6.45, 7) is 4.90. The number of halogens is 1. The van der Waals surface area contributed by atoms with Crippen LogP contribution in [0.25, 0.3) is 0 Å². The molecule has 1 saturated heterocycles. The van der Waals surface area contributed by atoms with E-state index in [4.69, 9.17) is 5.26 Å². The zero-order valence-electron chi connectivity index (χ0n) is 13.1. The maximum Gasteiger partial charge on any atom is 0.145 e. The number of nitrogens with one attached hydrogen (secondary N) is 1. The summed E-state index contributed by atoms with van der Waals surface area (Å²) in [7, 11) is 0. The van der Waals surface area contributed by atoms with Gasteiger partial charge in [0.15, 0.2) is 0 Å². The molecule has 4 nitrogen and oxygen atoms in total. The first-order valence-electron chi connectivity index (χ1n) is 7.78. The molecular weight excluding hydrogens is 352 g/mol. The van der Waals surface area contributed by atoms with Crippen molar-refractivity contribution >= 4 is 27.4 Å². The number of nitrogens with zero attached hydrogens (tertiary/aromatic N) is 3. The molecule has 1 aromatic carbocycles. The van der Waals surface area contributed by atoms with Crippen LogP contribution in [0.3, 0.4) is 0 Å². The van der Waals surface area contributed by atoms with Crippen LogP contribution in [-0.2, 0) is 0 Å². The summed E-state index contributed by atoms with van der Waals surface area (Å²) in [5.74, 6) is 1.37. The van der Waals surface area contributed by atoms with E-state index >= 15 is 0 Å². The van der Waals surface area contributed by atoms with Gasteiger partial charge in [-0.1, -0.05) is 28.1 Å². The minimum absolute atomic E-state index is 0.497. The number of benzene rings is 1. The van der Waals surface area contributed by atoms with E-state index in [0.29, 0.717) is 11.6 Å². The molecule has 0 spiro atoms. The molecule has 1 N–H and O–H groups in total. The van der Waals surface area contributed by atoms with Gasteiger partial charge in [-0.25, -0.2) is 4.98 Å². The van der Waals surface area contributed by atoms with Gasteiger partial charge in [0.05, 0.1) is 0 Å². The van der Waals surface area contributed by atoms with E-state index in [1.54, 1.807) is 0 Å². The highest BCUT2D eigenvalue weighted by molar-refractivity contribution is 9.10. The van der Waals surface area contributed by atoms with E-state index in [-0.39, 0.29) is 0 Å². The van der Waals surface area contributed by atoms with Gasteiger partial charge in [0, 0.05) is 29.8 Å². The molecule has 1 unspecified atom stereocenters. The number of anilines is 2. The molecular formula is C18H19BrN4. The first-order chi connectivity index (χ1) is 11.2. The van der Waals surface area contributed by atoms with Gasteiger partial charge in [-0.15, -0.1) is 0 Å². The Bertz CT molecular complexity index is 738. The molecule has 0 aliphatic carbocycles. The van der Waals surface area contributed by atoms with E-state index in [9.17, 15) is 0 Å². The number of aryl methyl sites for hydroxylation is 1. The summed E-state index contributed by atoms with van der Waals surface area (Å²) < 4.78 is 1.12. The van der Waals surface area contributed by atoms with Crippen LogP contribution >= 0.6 is 15.9 Å². The number of hydrogen-bond donors (Lipinski definition) is 1. The molecule has 2 aromatic rings. The highest BCUT2D eigenvalue weighted by Crippen LogP contribution is 2.26. The van der Waals surface area contributed by atoms with Crippen LogP contribution in [0.4, 0.5) is 11.5 Å². The monoisotopic (exact) mass is 370 g/mol. The molecule has 23 heavy (non-hydrogen) atoms. The normalized spacial score (nSPS) is 17.1. The third-order valence-electron chi connectivity index (χ3n) is 4.23. The van der Waals surface area contributed by atoms with Crippen LogP contribution in [0.5, 0.6) is 0 Å². The highest BCUT2D eigenvalue weighted by Gasteiger charge is 2.22. The van der Waals surface area contributed by atoms with Gasteiger partial charge in [0.2, 0.25) is 0 Å². The third kappa shape index (κ3) is 3.83. The van der Waals surface area contributed by atoms with Crippen molar-refractivity contribution in [2.24, 2.45) is 5.92 Å². The van der Waals surface area contributed by atoms with E-state index in [0.717, 1.165) is 41.9 Å². The Hall–Kier alpha value is -2.06. The molecule has 3 rings (SSSR count). The lowest BCUT2D eigenvalue weighted by Crippen LogP contribution is -2.22. The molecule has 1 aliphatic heterocycles. The first kappa shape index (κ1) is 15.8. The van der Waals surface area contributed by atoms with Crippen molar-refractivity contribution in [2.45, 2.75) is 13.3 Å². The average Bonchev–Trinajstić information content (AvgIpc) is 3.03. The van der Waals surface area contributed by atoms with Crippen molar-refractivity contribution in [2.75, 3.05) is 29.9 Å². The van der Waals surface area contributed by atoms with Crippen molar-refractivity contribution in [3.8, 4) is 6.07 Å². The average molecular weight is 371 g/mol. The van der Waals surface area contributed by atoms with E-state index in [2.05, 4.69) is 61.5 Å². The van der Waals surface area contributed by atoms with Gasteiger partial charge in [0.25, 0.3) is 0 Å². The highest BCUT2D eigenvalue weighted by atomic mass is 79.9. The summed E-state index contributed by atoms with van der Waals surface area (Å²) in [5, 5.41) is 12.4. The van der Waals surface area contributed by atoms with Crippen molar-refractivity contribution in [1.29, 1.82) is 5.26 Å². The van der Waals surface area contributed by atoms with Gasteiger partial charge in [-0.2, -0.15) is 5.26 Å². The van der Waals surface area contributed by atoms with Gasteiger partial charge in [-0.05, 0) is 49.1 Å². The van der Waals surface area contributed by atoms with Crippen molar-refractivity contribution < 1.29 is 0 Å².